The maximum atomic E-state index is 5.30. The van der Waals surface area contributed by atoms with Crippen LogP contribution in [0.5, 0.6) is 0 Å². The van der Waals surface area contributed by atoms with Crippen molar-refractivity contribution in [2.75, 3.05) is 11.4 Å². The Morgan fingerprint density at radius 3 is 2.88 bits per heavy atom. The number of nitrogens with zero attached hydrogens (tertiary/aromatic N) is 4. The Kier molecular flexibility index (Phi) is 4.95. The molecular weight excluding hydrogens is 324 g/mol. The molecule has 5 nitrogen and oxygen atoms in total. The SMILES string of the molecule is Cc1noc(-c2ccnc(N3CCCC3CCCc3ccccc3)c2)n1. The summed E-state index contributed by atoms with van der Waals surface area (Å²) in [6, 6.07) is 15.3. The van der Waals surface area contributed by atoms with Crippen LogP contribution in [0.15, 0.2) is 53.2 Å². The van der Waals surface area contributed by atoms with Crippen LogP contribution in [-0.2, 0) is 6.42 Å². The number of aromatic nitrogens is 3. The first kappa shape index (κ1) is 16.8. The zero-order valence-electron chi connectivity index (χ0n) is 15.1. The van der Waals surface area contributed by atoms with Gasteiger partial charge in [0.15, 0.2) is 5.82 Å². The summed E-state index contributed by atoms with van der Waals surface area (Å²) in [4.78, 5) is 11.4. The van der Waals surface area contributed by atoms with Gasteiger partial charge in [0.1, 0.15) is 5.82 Å². The maximum absolute atomic E-state index is 5.30. The molecule has 2 aromatic heterocycles. The standard InChI is InChI=1S/C21H24N4O/c1-16-23-21(26-24-16)18-12-13-22-20(15-18)25-14-6-11-19(25)10-5-9-17-7-3-2-4-8-17/h2-4,7-8,12-13,15,19H,5-6,9-11,14H2,1H3. The van der Waals surface area contributed by atoms with Gasteiger partial charge in [-0.1, -0.05) is 35.5 Å². The zero-order chi connectivity index (χ0) is 17.8. The summed E-state index contributed by atoms with van der Waals surface area (Å²) >= 11 is 0. The van der Waals surface area contributed by atoms with Crippen molar-refractivity contribution in [3.63, 3.8) is 0 Å². The Morgan fingerprint density at radius 2 is 2.08 bits per heavy atom. The van der Waals surface area contributed by atoms with E-state index in [0.29, 0.717) is 17.8 Å². The number of aryl methyl sites for hydroxylation is 2. The van der Waals surface area contributed by atoms with Gasteiger partial charge >= 0.3 is 0 Å². The number of anilines is 1. The first-order valence-corrected chi connectivity index (χ1v) is 9.37. The largest absolute Gasteiger partial charge is 0.354 e. The lowest BCUT2D eigenvalue weighted by molar-refractivity contribution is 0.425. The summed E-state index contributed by atoms with van der Waals surface area (Å²) < 4.78 is 5.30. The molecule has 1 unspecified atom stereocenters. The minimum atomic E-state index is 0.561. The number of pyridine rings is 1. The van der Waals surface area contributed by atoms with Gasteiger partial charge in [0.2, 0.25) is 0 Å². The quantitative estimate of drug-likeness (QED) is 0.659. The van der Waals surface area contributed by atoms with E-state index in [1.807, 2.05) is 19.2 Å². The lowest BCUT2D eigenvalue weighted by Crippen LogP contribution is -2.30. The second-order valence-corrected chi connectivity index (χ2v) is 6.92. The molecule has 5 heteroatoms. The highest BCUT2D eigenvalue weighted by Crippen LogP contribution is 2.29. The van der Waals surface area contributed by atoms with Gasteiger partial charge in [0.25, 0.3) is 5.89 Å². The molecule has 0 radical (unpaired) electrons. The van der Waals surface area contributed by atoms with Gasteiger partial charge in [0, 0.05) is 24.3 Å². The van der Waals surface area contributed by atoms with Gasteiger partial charge < -0.3 is 9.42 Å². The Labute approximate surface area is 154 Å². The average Bonchev–Trinajstić information content (AvgIpc) is 3.32. The van der Waals surface area contributed by atoms with Crippen molar-refractivity contribution in [1.29, 1.82) is 0 Å². The third-order valence-electron chi connectivity index (χ3n) is 5.04. The summed E-state index contributed by atoms with van der Waals surface area (Å²) in [5.74, 6) is 2.23. The van der Waals surface area contributed by atoms with Gasteiger partial charge in [-0.15, -0.1) is 0 Å². The van der Waals surface area contributed by atoms with Crippen LogP contribution >= 0.6 is 0 Å². The van der Waals surface area contributed by atoms with Crippen molar-refractivity contribution in [3.8, 4) is 11.5 Å². The van der Waals surface area contributed by atoms with E-state index in [9.17, 15) is 0 Å². The molecule has 26 heavy (non-hydrogen) atoms. The predicted molar refractivity (Wildman–Crippen MR) is 102 cm³/mol. The second kappa shape index (κ2) is 7.68. The van der Waals surface area contributed by atoms with Crippen molar-refractivity contribution >= 4 is 5.82 Å². The summed E-state index contributed by atoms with van der Waals surface area (Å²) in [5.41, 5.74) is 2.36. The van der Waals surface area contributed by atoms with Crippen molar-refractivity contribution in [2.24, 2.45) is 0 Å². The van der Waals surface area contributed by atoms with Crippen LogP contribution in [0.1, 0.15) is 37.1 Å². The van der Waals surface area contributed by atoms with Crippen LogP contribution in [-0.4, -0.2) is 27.7 Å². The highest BCUT2D eigenvalue weighted by atomic mass is 16.5. The first-order valence-electron chi connectivity index (χ1n) is 9.37. The molecule has 0 aliphatic carbocycles. The highest BCUT2D eigenvalue weighted by Gasteiger charge is 2.25. The Bertz CT molecular complexity index is 846. The fourth-order valence-corrected chi connectivity index (χ4v) is 3.75. The second-order valence-electron chi connectivity index (χ2n) is 6.92. The molecule has 0 bridgehead atoms. The number of benzene rings is 1. The van der Waals surface area contributed by atoms with E-state index in [1.54, 1.807) is 0 Å². The molecule has 1 saturated heterocycles. The van der Waals surface area contributed by atoms with E-state index in [1.165, 1.54) is 31.2 Å². The molecular formula is C21H24N4O. The Balaban J connectivity index is 1.43. The Morgan fingerprint density at radius 1 is 1.19 bits per heavy atom. The average molecular weight is 348 g/mol. The third kappa shape index (κ3) is 3.77. The molecule has 1 aliphatic heterocycles. The lowest BCUT2D eigenvalue weighted by atomic mass is 10.0. The van der Waals surface area contributed by atoms with Gasteiger partial charge in [-0.25, -0.2) is 4.98 Å². The molecule has 0 N–H and O–H groups in total. The normalized spacial score (nSPS) is 17.0. The predicted octanol–water partition coefficient (Wildman–Crippen LogP) is 4.43. The molecule has 1 aliphatic rings. The molecule has 4 rings (SSSR count). The minimum absolute atomic E-state index is 0.561. The fourth-order valence-electron chi connectivity index (χ4n) is 3.75. The van der Waals surface area contributed by atoms with Crippen LogP contribution < -0.4 is 4.90 Å². The van der Waals surface area contributed by atoms with Crippen LogP contribution in [0, 0.1) is 6.92 Å². The van der Waals surface area contributed by atoms with E-state index in [2.05, 4.69) is 56.4 Å². The fraction of sp³-hybridized carbons (Fsp3) is 0.381. The van der Waals surface area contributed by atoms with Crippen molar-refractivity contribution in [2.45, 2.75) is 45.1 Å². The minimum Gasteiger partial charge on any atom is -0.354 e. The molecule has 134 valence electrons. The van der Waals surface area contributed by atoms with Crippen molar-refractivity contribution in [3.05, 3.63) is 60.0 Å². The van der Waals surface area contributed by atoms with Gasteiger partial charge in [-0.3, -0.25) is 0 Å². The summed E-state index contributed by atoms with van der Waals surface area (Å²) in [6.45, 7) is 2.90. The summed E-state index contributed by atoms with van der Waals surface area (Å²) in [6.07, 6.45) is 7.83. The van der Waals surface area contributed by atoms with Gasteiger partial charge in [-0.2, -0.15) is 4.98 Å². The van der Waals surface area contributed by atoms with E-state index in [0.717, 1.165) is 24.3 Å². The third-order valence-corrected chi connectivity index (χ3v) is 5.04. The molecule has 3 aromatic rings. The zero-order valence-corrected chi connectivity index (χ0v) is 15.1. The maximum Gasteiger partial charge on any atom is 0.258 e. The highest BCUT2D eigenvalue weighted by molar-refractivity contribution is 5.59. The Hall–Kier alpha value is -2.69. The van der Waals surface area contributed by atoms with E-state index < -0.39 is 0 Å². The van der Waals surface area contributed by atoms with E-state index in [-0.39, 0.29) is 0 Å². The number of rotatable bonds is 6. The molecule has 1 fully saturated rings. The molecule has 1 aromatic carbocycles. The molecule has 0 saturated carbocycles. The smallest absolute Gasteiger partial charge is 0.258 e. The number of hydrogen-bond donors (Lipinski definition) is 0. The van der Waals surface area contributed by atoms with Crippen LogP contribution in [0.2, 0.25) is 0 Å². The molecule has 1 atom stereocenters. The number of hydrogen-bond acceptors (Lipinski definition) is 5. The van der Waals surface area contributed by atoms with Crippen LogP contribution in [0.3, 0.4) is 0 Å². The molecule has 0 spiro atoms. The van der Waals surface area contributed by atoms with E-state index >= 15 is 0 Å². The topological polar surface area (TPSA) is 55.1 Å². The van der Waals surface area contributed by atoms with Crippen molar-refractivity contribution < 1.29 is 4.52 Å². The van der Waals surface area contributed by atoms with Gasteiger partial charge in [-0.05, 0) is 56.7 Å². The first-order chi connectivity index (χ1) is 12.8. The van der Waals surface area contributed by atoms with E-state index in [4.69, 9.17) is 4.52 Å². The monoisotopic (exact) mass is 348 g/mol. The van der Waals surface area contributed by atoms with Crippen molar-refractivity contribution in [1.82, 2.24) is 15.1 Å². The van der Waals surface area contributed by atoms with Gasteiger partial charge in [0.05, 0.1) is 0 Å². The molecule has 0 amide bonds. The molecule has 3 heterocycles. The summed E-state index contributed by atoms with van der Waals surface area (Å²) in [5, 5.41) is 3.88. The van der Waals surface area contributed by atoms with Crippen LogP contribution in [0.4, 0.5) is 5.82 Å². The van der Waals surface area contributed by atoms with Crippen LogP contribution in [0.25, 0.3) is 11.5 Å². The lowest BCUT2D eigenvalue weighted by Gasteiger charge is -2.26. The summed E-state index contributed by atoms with van der Waals surface area (Å²) in [7, 11) is 0.